The Labute approximate surface area is 98.1 Å². The fourth-order valence-electron chi connectivity index (χ4n) is 1.58. The molecule has 1 heterocycles. The molecule has 2 rings (SSSR count). The smallest absolute Gasteiger partial charge is 0.245 e. The summed E-state index contributed by atoms with van der Waals surface area (Å²) in [6.45, 7) is 0. The first-order valence-corrected chi connectivity index (χ1v) is 6.20. The molecule has 1 aliphatic rings. The number of nitrogen functional groups attached to an aromatic ring is 1. The number of benzene rings is 1. The lowest BCUT2D eigenvalue weighted by Crippen LogP contribution is -2.60. The monoisotopic (exact) mass is 238 g/mol. The van der Waals surface area contributed by atoms with E-state index in [1.807, 2.05) is 24.5 Å². The number of hydrogen-bond acceptors (Lipinski definition) is 5. The van der Waals surface area contributed by atoms with E-state index >= 15 is 0 Å². The first kappa shape index (κ1) is 11.3. The maximum absolute atomic E-state index is 11.8. The number of amides is 1. The van der Waals surface area contributed by atoms with Crippen molar-refractivity contribution in [2.24, 2.45) is 0 Å². The summed E-state index contributed by atoms with van der Waals surface area (Å²) in [5.74, 6) is -0.0731. The SMILES string of the molecule is CSC1NNC(c2ccccc2N)C(=O)N1. The molecule has 6 heteroatoms. The van der Waals surface area contributed by atoms with E-state index in [9.17, 15) is 4.79 Å². The minimum atomic E-state index is -0.440. The minimum Gasteiger partial charge on any atom is -0.398 e. The zero-order valence-electron chi connectivity index (χ0n) is 8.86. The normalized spacial score (nSPS) is 25.2. The van der Waals surface area contributed by atoms with Gasteiger partial charge in [-0.15, -0.1) is 11.8 Å². The Morgan fingerprint density at radius 2 is 2.06 bits per heavy atom. The molecule has 5 N–H and O–H groups in total. The fraction of sp³-hybridized carbons (Fsp3) is 0.300. The van der Waals surface area contributed by atoms with Gasteiger partial charge < -0.3 is 11.1 Å². The lowest BCUT2D eigenvalue weighted by Gasteiger charge is -2.30. The van der Waals surface area contributed by atoms with Crippen molar-refractivity contribution < 1.29 is 4.79 Å². The highest BCUT2D eigenvalue weighted by Crippen LogP contribution is 2.21. The van der Waals surface area contributed by atoms with E-state index < -0.39 is 6.04 Å². The summed E-state index contributed by atoms with van der Waals surface area (Å²) in [7, 11) is 0. The number of anilines is 1. The summed E-state index contributed by atoms with van der Waals surface area (Å²) in [6.07, 6.45) is 1.91. The molecule has 1 fully saturated rings. The Morgan fingerprint density at radius 1 is 1.31 bits per heavy atom. The van der Waals surface area contributed by atoms with Gasteiger partial charge in [0.2, 0.25) is 5.91 Å². The Hall–Kier alpha value is -1.24. The Balaban J connectivity index is 2.18. The molecule has 0 aromatic heterocycles. The molecule has 5 nitrogen and oxygen atoms in total. The molecular formula is C10H14N4OS. The van der Waals surface area contributed by atoms with E-state index in [1.165, 1.54) is 11.8 Å². The molecular weight excluding hydrogens is 224 g/mol. The Morgan fingerprint density at radius 3 is 2.69 bits per heavy atom. The van der Waals surface area contributed by atoms with Crippen molar-refractivity contribution in [3.8, 4) is 0 Å². The van der Waals surface area contributed by atoms with E-state index in [4.69, 9.17) is 5.73 Å². The highest BCUT2D eigenvalue weighted by Gasteiger charge is 2.28. The quantitative estimate of drug-likeness (QED) is 0.553. The van der Waals surface area contributed by atoms with Crippen LogP contribution in [0.25, 0.3) is 0 Å². The van der Waals surface area contributed by atoms with Crippen LogP contribution in [0.5, 0.6) is 0 Å². The van der Waals surface area contributed by atoms with Crippen LogP contribution in [0.4, 0.5) is 5.69 Å². The van der Waals surface area contributed by atoms with Gasteiger partial charge in [-0.25, -0.2) is 10.9 Å². The van der Waals surface area contributed by atoms with E-state index in [1.54, 1.807) is 6.07 Å². The Bertz CT molecular complexity index is 398. The van der Waals surface area contributed by atoms with Crippen molar-refractivity contribution in [3.05, 3.63) is 29.8 Å². The zero-order chi connectivity index (χ0) is 11.5. The predicted molar refractivity (Wildman–Crippen MR) is 65.3 cm³/mol. The molecule has 0 bridgehead atoms. The molecule has 1 aliphatic heterocycles. The summed E-state index contributed by atoms with van der Waals surface area (Å²) in [4.78, 5) is 11.8. The second kappa shape index (κ2) is 4.73. The minimum absolute atomic E-state index is 0.0731. The molecule has 16 heavy (non-hydrogen) atoms. The predicted octanol–water partition coefficient (Wildman–Crippen LogP) is 0.180. The van der Waals surface area contributed by atoms with Crippen LogP contribution in [-0.4, -0.2) is 17.7 Å². The molecule has 1 aromatic rings. The number of carbonyl (C=O) groups excluding carboxylic acids is 1. The van der Waals surface area contributed by atoms with E-state index in [2.05, 4.69) is 16.2 Å². The first-order chi connectivity index (χ1) is 7.72. The molecule has 1 aromatic carbocycles. The molecule has 86 valence electrons. The lowest BCUT2D eigenvalue weighted by atomic mass is 10.0. The van der Waals surface area contributed by atoms with Crippen LogP contribution in [0.3, 0.4) is 0 Å². The molecule has 2 unspecified atom stereocenters. The van der Waals surface area contributed by atoms with E-state index in [-0.39, 0.29) is 11.4 Å². The van der Waals surface area contributed by atoms with Crippen LogP contribution in [0, 0.1) is 0 Å². The van der Waals surface area contributed by atoms with Crippen LogP contribution in [0.15, 0.2) is 24.3 Å². The van der Waals surface area contributed by atoms with Crippen LogP contribution >= 0.6 is 11.8 Å². The van der Waals surface area contributed by atoms with Gasteiger partial charge in [-0.3, -0.25) is 4.79 Å². The molecule has 0 spiro atoms. The van der Waals surface area contributed by atoms with Crippen molar-refractivity contribution in [1.82, 2.24) is 16.2 Å². The number of rotatable bonds is 2. The number of nitrogens with two attached hydrogens (primary N) is 1. The summed E-state index contributed by atoms with van der Waals surface area (Å²) >= 11 is 1.51. The largest absolute Gasteiger partial charge is 0.398 e. The van der Waals surface area contributed by atoms with E-state index in [0.717, 1.165) is 5.56 Å². The number of nitrogens with one attached hydrogen (secondary N) is 3. The molecule has 0 radical (unpaired) electrons. The van der Waals surface area contributed by atoms with Gasteiger partial charge in [0, 0.05) is 11.3 Å². The third-order valence-corrected chi connectivity index (χ3v) is 3.14. The van der Waals surface area contributed by atoms with Gasteiger partial charge in [-0.2, -0.15) is 0 Å². The third kappa shape index (κ3) is 2.13. The second-order valence-electron chi connectivity index (χ2n) is 3.47. The highest BCUT2D eigenvalue weighted by molar-refractivity contribution is 7.99. The molecule has 1 amide bonds. The molecule has 0 aliphatic carbocycles. The Kier molecular flexibility index (Phi) is 3.33. The number of para-hydroxylation sites is 1. The molecule has 2 atom stereocenters. The van der Waals surface area contributed by atoms with Crippen LogP contribution in [0.2, 0.25) is 0 Å². The van der Waals surface area contributed by atoms with Crippen LogP contribution in [0.1, 0.15) is 11.6 Å². The van der Waals surface area contributed by atoms with Gasteiger partial charge >= 0.3 is 0 Å². The number of hydrogen-bond donors (Lipinski definition) is 4. The van der Waals surface area contributed by atoms with Crippen molar-refractivity contribution >= 4 is 23.4 Å². The van der Waals surface area contributed by atoms with Gasteiger partial charge in [0.1, 0.15) is 11.5 Å². The van der Waals surface area contributed by atoms with Crippen LogP contribution in [-0.2, 0) is 4.79 Å². The van der Waals surface area contributed by atoms with Gasteiger partial charge in [-0.05, 0) is 12.3 Å². The van der Waals surface area contributed by atoms with Crippen molar-refractivity contribution in [2.45, 2.75) is 11.5 Å². The zero-order valence-corrected chi connectivity index (χ0v) is 9.67. The third-order valence-electron chi connectivity index (χ3n) is 2.44. The number of thioether (sulfide) groups is 1. The fourth-order valence-corrected chi connectivity index (χ4v) is 2.00. The van der Waals surface area contributed by atoms with Gasteiger partial charge in [-0.1, -0.05) is 18.2 Å². The van der Waals surface area contributed by atoms with Crippen molar-refractivity contribution in [1.29, 1.82) is 0 Å². The van der Waals surface area contributed by atoms with Crippen LogP contribution < -0.4 is 21.9 Å². The lowest BCUT2D eigenvalue weighted by molar-refractivity contribution is -0.125. The summed E-state index contributed by atoms with van der Waals surface area (Å²) in [5, 5.41) is 2.84. The molecule has 0 saturated carbocycles. The average Bonchev–Trinajstić information content (AvgIpc) is 2.30. The number of carbonyl (C=O) groups is 1. The highest BCUT2D eigenvalue weighted by atomic mass is 32.2. The average molecular weight is 238 g/mol. The van der Waals surface area contributed by atoms with Gasteiger partial charge in [0.15, 0.2) is 0 Å². The summed E-state index contributed by atoms with van der Waals surface area (Å²) in [5.41, 5.74) is 13.1. The topological polar surface area (TPSA) is 79.2 Å². The summed E-state index contributed by atoms with van der Waals surface area (Å²) < 4.78 is 0. The van der Waals surface area contributed by atoms with Crippen molar-refractivity contribution in [3.63, 3.8) is 0 Å². The van der Waals surface area contributed by atoms with Crippen molar-refractivity contribution in [2.75, 3.05) is 12.0 Å². The maximum Gasteiger partial charge on any atom is 0.245 e. The molecule has 1 saturated heterocycles. The van der Waals surface area contributed by atoms with Gasteiger partial charge in [0.25, 0.3) is 0 Å². The van der Waals surface area contributed by atoms with E-state index in [0.29, 0.717) is 5.69 Å². The maximum atomic E-state index is 11.8. The summed E-state index contributed by atoms with van der Waals surface area (Å²) in [6, 6.07) is 6.89. The number of hydrazine groups is 1. The second-order valence-corrected chi connectivity index (χ2v) is 4.42. The first-order valence-electron chi connectivity index (χ1n) is 4.91. The van der Waals surface area contributed by atoms with Gasteiger partial charge in [0.05, 0.1) is 0 Å². The standard InChI is InChI=1S/C10H14N4OS/c1-16-10-12-9(15)8(13-14-10)6-4-2-3-5-7(6)11/h2-5,8,10,13-14H,11H2,1H3,(H,12,15).